The zero-order valence-electron chi connectivity index (χ0n) is 18.2. The molecule has 4 rings (SSSR count). The molecule has 32 heavy (non-hydrogen) atoms. The number of aryl methyl sites for hydroxylation is 3. The smallest absolute Gasteiger partial charge is 0.426 e. The van der Waals surface area contributed by atoms with Crippen LogP contribution in [0.4, 0.5) is 17.6 Å². The average molecular weight is 438 g/mol. The summed E-state index contributed by atoms with van der Waals surface area (Å²) in [7, 11) is 0. The van der Waals surface area contributed by atoms with Gasteiger partial charge in [0.2, 0.25) is 0 Å². The second-order valence-electron chi connectivity index (χ2n) is 8.15. The van der Waals surface area contributed by atoms with Gasteiger partial charge in [-0.25, -0.2) is 8.78 Å². The van der Waals surface area contributed by atoms with Gasteiger partial charge in [0.1, 0.15) is 17.4 Å². The van der Waals surface area contributed by atoms with E-state index in [1.807, 2.05) is 20.8 Å². The Hall–Kier alpha value is -3.34. The van der Waals surface area contributed by atoms with Gasteiger partial charge in [0.15, 0.2) is 0 Å². The Morgan fingerprint density at radius 2 is 1.38 bits per heavy atom. The maximum atomic E-state index is 14.8. The highest BCUT2D eigenvalue weighted by atomic mass is 19.3. The third-order valence-electron chi connectivity index (χ3n) is 5.66. The van der Waals surface area contributed by atoms with Crippen molar-refractivity contribution >= 4 is 10.8 Å². The Morgan fingerprint density at radius 1 is 0.750 bits per heavy atom. The molecule has 0 aliphatic carbocycles. The van der Waals surface area contributed by atoms with Gasteiger partial charge in [0.05, 0.1) is 5.56 Å². The van der Waals surface area contributed by atoms with Crippen molar-refractivity contribution in [2.24, 2.45) is 0 Å². The van der Waals surface area contributed by atoms with Crippen LogP contribution in [0.25, 0.3) is 21.9 Å². The van der Waals surface area contributed by atoms with Gasteiger partial charge in [-0.2, -0.15) is 8.78 Å². The first kappa shape index (κ1) is 21.9. The number of hydrogen-bond donors (Lipinski definition) is 0. The Balaban J connectivity index is 1.64. The summed E-state index contributed by atoms with van der Waals surface area (Å²) in [5.74, 6) is -1.63. The summed E-state index contributed by atoms with van der Waals surface area (Å²) >= 11 is 0. The lowest BCUT2D eigenvalue weighted by Gasteiger charge is -2.19. The molecule has 0 aliphatic rings. The highest BCUT2D eigenvalue weighted by Gasteiger charge is 2.34. The Labute approximate surface area is 184 Å². The predicted octanol–water partition coefficient (Wildman–Crippen LogP) is 8.15. The van der Waals surface area contributed by atoms with E-state index in [0.29, 0.717) is 0 Å². The van der Waals surface area contributed by atoms with Crippen LogP contribution in [0, 0.1) is 39.3 Å². The van der Waals surface area contributed by atoms with E-state index in [4.69, 9.17) is 4.74 Å². The minimum Gasteiger partial charge on any atom is -0.429 e. The molecule has 4 aromatic carbocycles. The Bertz CT molecular complexity index is 1300. The summed E-state index contributed by atoms with van der Waals surface area (Å²) in [6.45, 7) is 7.33. The molecule has 0 heterocycles. The molecule has 1 nitrogen and oxygen atoms in total. The van der Waals surface area contributed by atoms with Crippen LogP contribution in [-0.2, 0) is 6.11 Å². The van der Waals surface area contributed by atoms with Crippen molar-refractivity contribution < 1.29 is 22.3 Å². The maximum absolute atomic E-state index is 14.8. The van der Waals surface area contributed by atoms with Crippen LogP contribution < -0.4 is 4.74 Å². The topological polar surface area (TPSA) is 9.23 Å². The molecular formula is C27H22F4O. The lowest BCUT2D eigenvalue weighted by Crippen LogP contribution is -2.21. The normalized spacial score (nSPS) is 11.8. The highest BCUT2D eigenvalue weighted by molar-refractivity contribution is 5.85. The molecule has 5 heteroatoms. The van der Waals surface area contributed by atoms with Gasteiger partial charge in [-0.05, 0) is 91.7 Å². The molecular weight excluding hydrogens is 416 g/mol. The quantitative estimate of drug-likeness (QED) is 0.292. The predicted molar refractivity (Wildman–Crippen MR) is 119 cm³/mol. The summed E-state index contributed by atoms with van der Waals surface area (Å²) in [5.41, 5.74) is 4.71. The Kier molecular flexibility index (Phi) is 5.45. The first-order valence-corrected chi connectivity index (χ1v) is 10.2. The van der Waals surface area contributed by atoms with Gasteiger partial charge in [0.25, 0.3) is 0 Å². The fourth-order valence-corrected chi connectivity index (χ4v) is 4.15. The van der Waals surface area contributed by atoms with E-state index in [1.165, 1.54) is 37.3 Å². The van der Waals surface area contributed by atoms with Gasteiger partial charge in [0, 0.05) is 10.9 Å². The van der Waals surface area contributed by atoms with Crippen LogP contribution in [0.2, 0.25) is 0 Å². The number of alkyl halides is 2. The van der Waals surface area contributed by atoms with Crippen LogP contribution in [0.5, 0.6) is 5.75 Å². The first-order chi connectivity index (χ1) is 15.1. The monoisotopic (exact) mass is 438 g/mol. The van der Waals surface area contributed by atoms with Crippen LogP contribution in [0.15, 0.2) is 60.7 Å². The minimum atomic E-state index is -3.62. The van der Waals surface area contributed by atoms with Crippen molar-refractivity contribution in [2.75, 3.05) is 0 Å². The third kappa shape index (κ3) is 3.95. The van der Waals surface area contributed by atoms with Crippen molar-refractivity contribution in [3.63, 3.8) is 0 Å². The van der Waals surface area contributed by atoms with Crippen molar-refractivity contribution in [1.82, 2.24) is 0 Å². The molecule has 0 spiro atoms. The molecule has 0 unspecified atom stereocenters. The fraction of sp³-hybridized carbons (Fsp3) is 0.185. The largest absolute Gasteiger partial charge is 0.429 e. The minimum absolute atomic E-state index is 0.115. The van der Waals surface area contributed by atoms with Gasteiger partial charge in [-0.3, -0.25) is 0 Å². The van der Waals surface area contributed by atoms with E-state index in [9.17, 15) is 17.6 Å². The summed E-state index contributed by atoms with van der Waals surface area (Å²) < 4.78 is 62.7. The molecule has 0 aliphatic heterocycles. The molecule has 0 atom stereocenters. The van der Waals surface area contributed by atoms with Crippen molar-refractivity contribution in [3.05, 3.63) is 100 Å². The number of halogens is 4. The van der Waals surface area contributed by atoms with Gasteiger partial charge < -0.3 is 4.74 Å². The average Bonchev–Trinajstić information content (AvgIpc) is 2.71. The molecule has 0 bridgehead atoms. The van der Waals surface area contributed by atoms with Crippen molar-refractivity contribution in [3.8, 4) is 16.9 Å². The number of hydrogen-bond acceptors (Lipinski definition) is 1. The molecule has 0 saturated carbocycles. The van der Waals surface area contributed by atoms with Crippen LogP contribution in [0.3, 0.4) is 0 Å². The molecule has 0 saturated heterocycles. The van der Waals surface area contributed by atoms with Crippen LogP contribution in [0.1, 0.15) is 27.8 Å². The lowest BCUT2D eigenvalue weighted by atomic mass is 9.93. The molecule has 0 aromatic heterocycles. The molecule has 4 aromatic rings. The SMILES string of the molecule is Cc1cc(C)c(-c2ccc(C(F)(F)Oc3ccc4c(F)c(C)c(F)cc4c3)cc2)c(C)c1. The van der Waals surface area contributed by atoms with Crippen molar-refractivity contribution in [2.45, 2.75) is 33.8 Å². The molecule has 0 radical (unpaired) electrons. The van der Waals surface area contributed by atoms with E-state index < -0.39 is 17.7 Å². The molecule has 0 amide bonds. The molecule has 0 fully saturated rings. The van der Waals surface area contributed by atoms with Gasteiger partial charge >= 0.3 is 6.11 Å². The Morgan fingerprint density at radius 3 is 2.00 bits per heavy atom. The van der Waals surface area contributed by atoms with E-state index in [2.05, 4.69) is 12.1 Å². The van der Waals surface area contributed by atoms with Gasteiger partial charge in [-0.15, -0.1) is 0 Å². The standard InChI is InChI=1S/C27H22F4O/c1-15-11-16(2)25(17(3)12-15)19-5-7-21(8-6-19)27(30,31)32-22-9-10-23-20(13-22)14-24(28)18(4)26(23)29/h5-14H,1-4H3. The van der Waals surface area contributed by atoms with Crippen LogP contribution in [-0.4, -0.2) is 0 Å². The second-order valence-corrected chi connectivity index (χ2v) is 8.15. The van der Waals surface area contributed by atoms with E-state index in [-0.39, 0.29) is 27.6 Å². The third-order valence-corrected chi connectivity index (χ3v) is 5.66. The number of rotatable bonds is 4. The molecule has 0 N–H and O–H groups in total. The molecule has 164 valence electrons. The highest BCUT2D eigenvalue weighted by Crippen LogP contribution is 2.36. The number of fused-ring (bicyclic) bond motifs is 1. The first-order valence-electron chi connectivity index (χ1n) is 10.2. The van der Waals surface area contributed by atoms with E-state index >= 15 is 0 Å². The maximum Gasteiger partial charge on any atom is 0.426 e. The number of benzene rings is 4. The zero-order valence-corrected chi connectivity index (χ0v) is 18.2. The number of ether oxygens (including phenoxy) is 1. The summed E-state index contributed by atoms with van der Waals surface area (Å²) in [6, 6.07) is 15.0. The zero-order chi connectivity index (χ0) is 23.2. The lowest BCUT2D eigenvalue weighted by molar-refractivity contribution is -0.185. The summed E-state index contributed by atoms with van der Waals surface area (Å²) in [4.78, 5) is 0. The van der Waals surface area contributed by atoms with Crippen LogP contribution >= 0.6 is 0 Å². The summed E-state index contributed by atoms with van der Waals surface area (Å²) in [5, 5.41) is 0.298. The van der Waals surface area contributed by atoms with E-state index in [1.54, 1.807) is 12.1 Å². The second kappa shape index (κ2) is 7.97. The van der Waals surface area contributed by atoms with Gasteiger partial charge in [-0.1, -0.05) is 29.8 Å². The van der Waals surface area contributed by atoms with E-state index in [0.717, 1.165) is 33.9 Å². The fourth-order valence-electron chi connectivity index (χ4n) is 4.15. The van der Waals surface area contributed by atoms with Crippen molar-refractivity contribution in [1.29, 1.82) is 0 Å². The summed E-state index contributed by atoms with van der Waals surface area (Å²) in [6.07, 6.45) is -3.62.